The summed E-state index contributed by atoms with van der Waals surface area (Å²) in [5, 5.41) is 27.8. The molecular weight excluding hydrogens is 951 g/mol. The fourth-order valence-electron chi connectivity index (χ4n) is 7.01. The number of rotatable bonds is 22. The molecule has 0 radical (unpaired) electrons. The molecule has 7 atom stereocenters. The molecule has 7 unspecified atom stereocenters. The summed E-state index contributed by atoms with van der Waals surface area (Å²) >= 11 is 0. The van der Waals surface area contributed by atoms with Crippen molar-refractivity contribution in [3.63, 3.8) is 0 Å². The van der Waals surface area contributed by atoms with Gasteiger partial charge in [-0.2, -0.15) is 0 Å². The van der Waals surface area contributed by atoms with Gasteiger partial charge in [0, 0.05) is 37.3 Å². The predicted octanol–water partition coefficient (Wildman–Crippen LogP) is -1.52. The minimum Gasteiger partial charge on any atom is -0.508 e. The van der Waals surface area contributed by atoms with Crippen molar-refractivity contribution in [1.29, 1.82) is 0 Å². The number of carbonyl (C=O) groups is 11. The number of aromatic hydroxyl groups is 1. The van der Waals surface area contributed by atoms with Gasteiger partial charge in [0.15, 0.2) is 0 Å². The minimum atomic E-state index is -1.74. The number of amides is 11. The second-order valence-electron chi connectivity index (χ2n) is 17.5. The highest BCUT2D eigenvalue weighted by Crippen LogP contribution is 2.24. The number of carbonyl (C=O) groups excluding carboxylic acids is 11. The molecule has 2 rings (SSSR count). The van der Waals surface area contributed by atoms with Crippen LogP contribution in [0, 0.1) is 11.8 Å². The van der Waals surface area contributed by atoms with Gasteiger partial charge in [0.25, 0.3) is 0 Å². The molecule has 1 aliphatic rings. The molecule has 14 N–H and O–H groups in total. The first kappa shape index (κ1) is 60.0. The zero-order chi connectivity index (χ0) is 52.5. The van der Waals surface area contributed by atoms with E-state index in [1.54, 1.807) is 26.0 Å². The van der Waals surface area contributed by atoms with E-state index >= 15 is 0 Å². The van der Waals surface area contributed by atoms with Gasteiger partial charge in [-0.25, -0.2) is 0 Å². The van der Waals surface area contributed by atoms with Gasteiger partial charge in [0.05, 0.1) is 19.5 Å². The third kappa shape index (κ3) is 22.5. The lowest BCUT2D eigenvalue weighted by Gasteiger charge is -2.30. The van der Waals surface area contributed by atoms with Crippen LogP contribution in [-0.4, -0.2) is 142 Å². The molecule has 1 heterocycles. The van der Waals surface area contributed by atoms with Crippen molar-refractivity contribution in [2.24, 2.45) is 29.0 Å². The van der Waals surface area contributed by atoms with Gasteiger partial charge in [-0.05, 0) is 48.8 Å². The molecule has 1 aromatic rings. The Kier molecular flexibility index (Phi) is 26.7. The lowest BCUT2D eigenvalue weighted by molar-refractivity contribution is -0.140. The first-order valence-corrected chi connectivity index (χ1v) is 25.8. The van der Waals surface area contributed by atoms with Gasteiger partial charge in [0.1, 0.15) is 42.0 Å². The summed E-state index contributed by atoms with van der Waals surface area (Å²) in [5.41, 5.74) is 16.7. The number of nitrogens with zero attached hydrogens (tertiary/aromatic N) is 1. The van der Waals surface area contributed by atoms with Crippen molar-refractivity contribution in [2.75, 3.05) is 31.1 Å². The summed E-state index contributed by atoms with van der Waals surface area (Å²) in [5.74, 6) is -9.74. The highest BCUT2D eigenvalue weighted by molar-refractivity contribution is 8.76. The molecule has 390 valence electrons. The zero-order valence-corrected chi connectivity index (χ0v) is 42.1. The Bertz CT molecular complexity index is 1990. The summed E-state index contributed by atoms with van der Waals surface area (Å²) in [6.07, 6.45) is 0.600. The van der Waals surface area contributed by atoms with Crippen LogP contribution < -0.4 is 54.4 Å². The Morgan fingerprint density at radius 3 is 2.03 bits per heavy atom. The van der Waals surface area contributed by atoms with Gasteiger partial charge in [-0.1, -0.05) is 87.6 Å². The van der Waals surface area contributed by atoms with Crippen LogP contribution in [-0.2, 0) is 59.2 Å². The van der Waals surface area contributed by atoms with E-state index in [2.05, 4.69) is 37.2 Å². The third-order valence-corrected chi connectivity index (χ3v) is 13.4. The van der Waals surface area contributed by atoms with Crippen LogP contribution >= 0.6 is 21.6 Å². The number of phenolic OH excluding ortho intramolecular Hbond substituents is 1. The number of unbranched alkanes of at least 4 members (excludes halogenated alkanes) is 2. The topological polar surface area (TPSA) is 374 Å². The zero-order valence-electron chi connectivity index (χ0n) is 40.5. The summed E-state index contributed by atoms with van der Waals surface area (Å²) in [6.45, 7) is 7.99. The molecular formula is C45H71N11O12S2. The molecule has 1 aliphatic heterocycles. The number of nitrogens with one attached hydrogen (secondary N) is 7. The van der Waals surface area contributed by atoms with E-state index in [1.165, 1.54) is 17.0 Å². The lowest BCUT2D eigenvalue weighted by atomic mass is 9.96. The number of nitrogens with two attached hydrogens (primary N) is 3. The lowest BCUT2D eigenvalue weighted by Crippen LogP contribution is -2.61. The largest absolute Gasteiger partial charge is 0.508 e. The maximum atomic E-state index is 14.6. The molecule has 0 spiro atoms. The Hall–Kier alpha value is -6.11. The number of hydrogen-bond acceptors (Lipinski definition) is 14. The Morgan fingerprint density at radius 2 is 1.43 bits per heavy atom. The van der Waals surface area contributed by atoms with Crippen molar-refractivity contribution >= 4 is 86.6 Å². The van der Waals surface area contributed by atoms with E-state index in [-0.39, 0.29) is 55.4 Å². The van der Waals surface area contributed by atoms with Crippen LogP contribution in [0.4, 0.5) is 0 Å². The first-order chi connectivity index (χ1) is 33.0. The highest BCUT2D eigenvalue weighted by atomic mass is 33.1. The maximum Gasteiger partial charge on any atom is 0.246 e. The summed E-state index contributed by atoms with van der Waals surface area (Å²) < 4.78 is 0. The van der Waals surface area contributed by atoms with E-state index in [4.69, 9.17) is 17.2 Å². The smallest absolute Gasteiger partial charge is 0.246 e. The first-order valence-electron chi connectivity index (χ1n) is 23.3. The average molecular weight is 1020 g/mol. The van der Waals surface area contributed by atoms with E-state index in [9.17, 15) is 57.8 Å². The van der Waals surface area contributed by atoms with Gasteiger partial charge >= 0.3 is 0 Å². The quantitative estimate of drug-likeness (QED) is 0.0465. The second kappa shape index (κ2) is 31.2. The summed E-state index contributed by atoms with van der Waals surface area (Å²) in [7, 11) is 2.23. The van der Waals surface area contributed by atoms with Gasteiger partial charge in [-0.3, -0.25) is 52.7 Å². The van der Waals surface area contributed by atoms with E-state index in [0.29, 0.717) is 24.8 Å². The van der Waals surface area contributed by atoms with Gasteiger partial charge in [0.2, 0.25) is 65.0 Å². The standard InChI is InChI=1S/C45H71N11O12S2/c1-6-8-9-17-56(23-38(62)51-30(19-25(3)4)40(63)49-22-36(48)60)45(68)33-24-70-69-18-16-37(61)50-31(20-27-10-12-28(57)13-11-27)43(66)55-39(26(5)7-2)44(67)52-29(14-15-34(46)58)41(64)53-32(21-35(47)59)42(65)54-33/h10-13,25-26,29-33,39,57H,6-9,14-24H2,1-5H3,(H2,46,58)(H2,47,59)(H2,48,60)(H,49,63)(H,50,61)(H,51,62)(H,52,67)(H,53,64)(H,54,65)(H,55,66). The highest BCUT2D eigenvalue weighted by Gasteiger charge is 2.36. The van der Waals surface area contributed by atoms with Gasteiger partial charge in [-0.15, -0.1) is 0 Å². The molecule has 0 bridgehead atoms. The maximum absolute atomic E-state index is 14.6. The van der Waals surface area contributed by atoms with Crippen LogP contribution in [0.15, 0.2) is 24.3 Å². The molecule has 70 heavy (non-hydrogen) atoms. The molecule has 11 amide bonds. The molecule has 0 aromatic heterocycles. The van der Waals surface area contributed by atoms with Crippen LogP contribution in [0.2, 0.25) is 0 Å². The second-order valence-corrected chi connectivity index (χ2v) is 20.1. The van der Waals surface area contributed by atoms with Crippen molar-refractivity contribution in [1.82, 2.24) is 42.1 Å². The number of benzene rings is 1. The molecule has 1 aromatic carbocycles. The Labute approximate surface area is 416 Å². The molecule has 0 saturated carbocycles. The number of phenols is 1. The molecule has 23 nitrogen and oxygen atoms in total. The van der Waals surface area contributed by atoms with Crippen LogP contribution in [0.25, 0.3) is 0 Å². The molecule has 1 saturated heterocycles. The van der Waals surface area contributed by atoms with Gasteiger partial charge < -0.3 is 64.4 Å². The normalized spacial score (nSPS) is 20.8. The third-order valence-electron chi connectivity index (χ3n) is 11.0. The minimum absolute atomic E-state index is 0.0264. The molecule has 1 fully saturated rings. The number of primary amides is 3. The van der Waals surface area contributed by atoms with E-state index in [0.717, 1.165) is 28.0 Å². The fourth-order valence-corrected chi connectivity index (χ4v) is 9.15. The SMILES string of the molecule is CCCCCN(CC(=O)NC(CC(C)C)C(=O)NCC(N)=O)C(=O)C1CSSCCC(=O)NC(Cc2ccc(O)cc2)C(=O)NC(C(C)CC)C(=O)NC(CCC(N)=O)C(=O)NC(CC(N)=O)C(=O)N1. The monoisotopic (exact) mass is 1020 g/mol. The van der Waals surface area contributed by atoms with Crippen molar-refractivity contribution in [3.05, 3.63) is 29.8 Å². The van der Waals surface area contributed by atoms with Crippen LogP contribution in [0.5, 0.6) is 5.75 Å². The molecule has 25 heteroatoms. The van der Waals surface area contributed by atoms with E-state index in [1.807, 2.05) is 20.8 Å². The molecule has 0 aliphatic carbocycles. The Morgan fingerprint density at radius 1 is 0.786 bits per heavy atom. The number of hydrogen-bond donors (Lipinski definition) is 11. The fraction of sp³-hybridized carbons (Fsp3) is 0.622. The van der Waals surface area contributed by atoms with Crippen LogP contribution in [0.1, 0.15) is 98.0 Å². The van der Waals surface area contributed by atoms with Crippen molar-refractivity contribution in [2.45, 2.75) is 135 Å². The van der Waals surface area contributed by atoms with Crippen molar-refractivity contribution < 1.29 is 57.8 Å². The predicted molar refractivity (Wildman–Crippen MR) is 262 cm³/mol. The summed E-state index contributed by atoms with van der Waals surface area (Å²) in [6, 6.07) is -2.40. The van der Waals surface area contributed by atoms with Crippen molar-refractivity contribution in [3.8, 4) is 5.75 Å². The Balaban J connectivity index is 2.64. The van der Waals surface area contributed by atoms with Crippen LogP contribution in [0.3, 0.4) is 0 Å². The average Bonchev–Trinajstić information content (AvgIpc) is 3.29. The van der Waals surface area contributed by atoms with E-state index < -0.39 is 133 Å². The summed E-state index contributed by atoms with van der Waals surface area (Å²) in [4.78, 5) is 148.